The van der Waals surface area contributed by atoms with E-state index in [9.17, 15) is 8.42 Å². The highest BCUT2D eigenvalue weighted by molar-refractivity contribution is 8.00. The van der Waals surface area contributed by atoms with E-state index in [1.165, 1.54) is 6.26 Å². The first kappa shape index (κ1) is 16.5. The number of nitrogens with two attached hydrogens (primary N) is 1. The summed E-state index contributed by atoms with van der Waals surface area (Å²) in [6.07, 6.45) is 1.22. The third-order valence-corrected chi connectivity index (χ3v) is 5.91. The highest BCUT2D eigenvalue weighted by Gasteiger charge is 2.28. The van der Waals surface area contributed by atoms with Crippen LogP contribution in [0.3, 0.4) is 0 Å². The number of rotatable bonds is 4. The Hall–Kier alpha value is -0.520. The van der Waals surface area contributed by atoms with Crippen LogP contribution >= 0.6 is 11.8 Å². The van der Waals surface area contributed by atoms with Gasteiger partial charge in [0.2, 0.25) is 0 Å². The monoisotopic (exact) mass is 301 g/mol. The maximum absolute atomic E-state index is 11.4. The van der Waals surface area contributed by atoms with Crippen LogP contribution < -0.4 is 5.73 Å². The van der Waals surface area contributed by atoms with E-state index in [4.69, 9.17) is 5.73 Å². The zero-order valence-electron chi connectivity index (χ0n) is 12.2. The second-order valence-corrected chi connectivity index (χ2v) is 9.24. The van der Waals surface area contributed by atoms with Gasteiger partial charge in [0.1, 0.15) is 0 Å². The zero-order valence-corrected chi connectivity index (χ0v) is 13.8. The van der Waals surface area contributed by atoms with E-state index in [0.29, 0.717) is 4.90 Å². The fourth-order valence-corrected chi connectivity index (χ4v) is 3.77. The van der Waals surface area contributed by atoms with Gasteiger partial charge in [-0.15, -0.1) is 11.8 Å². The summed E-state index contributed by atoms with van der Waals surface area (Å²) in [5.41, 5.74) is 6.14. The van der Waals surface area contributed by atoms with Crippen LogP contribution in [0.25, 0.3) is 0 Å². The number of sulfone groups is 1. The molecule has 0 radical (unpaired) electrons. The molecule has 0 fully saturated rings. The molecule has 0 saturated carbocycles. The fraction of sp³-hybridized carbons (Fsp3) is 0.571. The number of hydrogen-bond donors (Lipinski definition) is 1. The van der Waals surface area contributed by atoms with Crippen LogP contribution in [-0.2, 0) is 9.84 Å². The maximum atomic E-state index is 11.4. The second kappa shape index (κ2) is 5.85. The molecule has 5 heteroatoms. The number of thioether (sulfide) groups is 1. The van der Waals surface area contributed by atoms with Gasteiger partial charge in [-0.2, -0.15) is 0 Å². The van der Waals surface area contributed by atoms with Crippen molar-refractivity contribution in [3.05, 3.63) is 24.3 Å². The topological polar surface area (TPSA) is 60.2 Å². The molecule has 0 aromatic heterocycles. The molecule has 2 N–H and O–H groups in total. The summed E-state index contributed by atoms with van der Waals surface area (Å²) in [7, 11) is -3.13. The molecule has 108 valence electrons. The molecule has 0 aliphatic carbocycles. The molecule has 0 heterocycles. The first-order chi connectivity index (χ1) is 8.51. The molecule has 2 unspecified atom stereocenters. The van der Waals surface area contributed by atoms with Gasteiger partial charge in [-0.05, 0) is 36.6 Å². The highest BCUT2D eigenvalue weighted by Crippen LogP contribution is 2.37. The van der Waals surface area contributed by atoms with Gasteiger partial charge in [-0.3, -0.25) is 0 Å². The van der Waals surface area contributed by atoms with Crippen LogP contribution in [0.2, 0.25) is 0 Å². The Kier molecular flexibility index (Phi) is 5.09. The van der Waals surface area contributed by atoms with Gasteiger partial charge in [0.05, 0.1) is 4.90 Å². The minimum atomic E-state index is -3.13. The van der Waals surface area contributed by atoms with E-state index >= 15 is 0 Å². The quantitative estimate of drug-likeness (QED) is 0.869. The summed E-state index contributed by atoms with van der Waals surface area (Å²) in [5, 5.41) is 0.275. The van der Waals surface area contributed by atoms with Gasteiger partial charge in [0.25, 0.3) is 0 Å². The van der Waals surface area contributed by atoms with Crippen LogP contribution in [0.15, 0.2) is 34.1 Å². The molecule has 19 heavy (non-hydrogen) atoms. The van der Waals surface area contributed by atoms with Crippen molar-refractivity contribution in [2.75, 3.05) is 6.26 Å². The summed E-state index contributed by atoms with van der Waals surface area (Å²) in [4.78, 5) is 1.40. The van der Waals surface area contributed by atoms with Crippen molar-refractivity contribution in [3.63, 3.8) is 0 Å². The summed E-state index contributed by atoms with van der Waals surface area (Å²) in [6.45, 7) is 8.50. The molecule has 1 rings (SSSR count). The lowest BCUT2D eigenvalue weighted by atomic mass is 9.88. The predicted molar refractivity (Wildman–Crippen MR) is 82.3 cm³/mol. The van der Waals surface area contributed by atoms with Crippen LogP contribution in [0.5, 0.6) is 0 Å². The molecule has 0 aliphatic rings. The van der Waals surface area contributed by atoms with Gasteiger partial charge < -0.3 is 5.73 Å². The van der Waals surface area contributed by atoms with E-state index in [1.54, 1.807) is 23.9 Å². The van der Waals surface area contributed by atoms with Crippen molar-refractivity contribution < 1.29 is 8.42 Å². The summed E-state index contributed by atoms with van der Waals surface area (Å²) in [6, 6.07) is 7.07. The SMILES string of the molecule is CC(N)C(Sc1ccc(S(C)(=O)=O)cc1)C(C)(C)C. The lowest BCUT2D eigenvalue weighted by Gasteiger charge is -2.33. The smallest absolute Gasteiger partial charge is 0.175 e. The standard InChI is InChI=1S/C14H23NO2S2/c1-10(15)13(14(2,3)4)18-11-6-8-12(9-7-11)19(5,16)17/h6-10,13H,15H2,1-5H3. The Balaban J connectivity index is 2.94. The third-order valence-electron chi connectivity index (χ3n) is 2.85. The minimum Gasteiger partial charge on any atom is -0.327 e. The molecule has 0 spiro atoms. The molecule has 0 saturated heterocycles. The normalized spacial score (nSPS) is 16.1. The molecule has 1 aromatic carbocycles. The molecule has 2 atom stereocenters. The summed E-state index contributed by atoms with van der Waals surface area (Å²) < 4.78 is 22.8. The lowest BCUT2D eigenvalue weighted by molar-refractivity contribution is 0.363. The van der Waals surface area contributed by atoms with Gasteiger partial charge in [-0.1, -0.05) is 20.8 Å². The average Bonchev–Trinajstić information content (AvgIpc) is 2.23. The van der Waals surface area contributed by atoms with Crippen molar-refractivity contribution in [2.24, 2.45) is 11.1 Å². The lowest BCUT2D eigenvalue weighted by Crippen LogP contribution is -2.38. The molecule has 0 amide bonds. The first-order valence-corrected chi connectivity index (χ1v) is 9.01. The molecule has 3 nitrogen and oxygen atoms in total. The van der Waals surface area contributed by atoms with E-state index in [0.717, 1.165) is 4.90 Å². The number of benzene rings is 1. The zero-order chi connectivity index (χ0) is 14.8. The van der Waals surface area contributed by atoms with Gasteiger partial charge >= 0.3 is 0 Å². The Morgan fingerprint density at radius 3 is 1.95 bits per heavy atom. The van der Waals surface area contributed by atoms with Crippen molar-refractivity contribution in [3.8, 4) is 0 Å². The average molecular weight is 301 g/mol. The first-order valence-electron chi connectivity index (χ1n) is 6.24. The fourth-order valence-electron chi connectivity index (χ4n) is 1.98. The van der Waals surface area contributed by atoms with Crippen molar-refractivity contribution in [2.45, 2.75) is 48.8 Å². The Morgan fingerprint density at radius 2 is 1.63 bits per heavy atom. The Labute approximate surface area is 120 Å². The summed E-state index contributed by atoms with van der Waals surface area (Å²) >= 11 is 1.70. The van der Waals surface area contributed by atoms with Gasteiger partial charge in [0, 0.05) is 22.4 Å². The maximum Gasteiger partial charge on any atom is 0.175 e. The van der Waals surface area contributed by atoms with Crippen LogP contribution in [0.1, 0.15) is 27.7 Å². The predicted octanol–water partition coefficient (Wildman–Crippen LogP) is 2.94. The molecular formula is C14H23NO2S2. The van der Waals surface area contributed by atoms with Crippen LogP contribution in [0.4, 0.5) is 0 Å². The largest absolute Gasteiger partial charge is 0.327 e. The van der Waals surface area contributed by atoms with Crippen LogP contribution in [0, 0.1) is 5.41 Å². The van der Waals surface area contributed by atoms with Crippen molar-refractivity contribution in [1.82, 2.24) is 0 Å². The molecule has 1 aromatic rings. The van der Waals surface area contributed by atoms with Gasteiger partial charge in [-0.25, -0.2) is 8.42 Å². The minimum absolute atomic E-state index is 0.0691. The highest BCUT2D eigenvalue weighted by atomic mass is 32.2. The summed E-state index contributed by atoms with van der Waals surface area (Å²) in [5.74, 6) is 0. The molecule has 0 bridgehead atoms. The second-order valence-electron chi connectivity index (χ2n) is 6.01. The van der Waals surface area contributed by atoms with E-state index in [1.807, 2.05) is 19.1 Å². The van der Waals surface area contributed by atoms with E-state index in [-0.39, 0.29) is 16.7 Å². The van der Waals surface area contributed by atoms with Crippen molar-refractivity contribution >= 4 is 21.6 Å². The van der Waals surface area contributed by atoms with Crippen molar-refractivity contribution in [1.29, 1.82) is 0 Å². The van der Waals surface area contributed by atoms with E-state index < -0.39 is 9.84 Å². The third kappa shape index (κ3) is 4.82. The molecule has 0 aliphatic heterocycles. The molecular weight excluding hydrogens is 278 g/mol. The van der Waals surface area contributed by atoms with Crippen LogP contribution in [-0.4, -0.2) is 26.0 Å². The Morgan fingerprint density at radius 1 is 1.16 bits per heavy atom. The number of hydrogen-bond acceptors (Lipinski definition) is 4. The van der Waals surface area contributed by atoms with E-state index in [2.05, 4.69) is 20.8 Å². The Bertz CT molecular complexity index is 513. The van der Waals surface area contributed by atoms with Gasteiger partial charge in [0.15, 0.2) is 9.84 Å².